The highest BCUT2D eigenvalue weighted by atomic mass is 16.5. The van der Waals surface area contributed by atoms with Gasteiger partial charge in [-0.15, -0.1) is 6.58 Å². The van der Waals surface area contributed by atoms with E-state index >= 15 is 0 Å². The molecule has 20 heavy (non-hydrogen) atoms. The zero-order valence-corrected chi connectivity index (χ0v) is 12.5. The summed E-state index contributed by atoms with van der Waals surface area (Å²) in [5.41, 5.74) is 8.03. The number of amides is 1. The van der Waals surface area contributed by atoms with Gasteiger partial charge in [-0.3, -0.25) is 4.79 Å². The van der Waals surface area contributed by atoms with Crippen LogP contribution < -0.4 is 15.8 Å². The molecule has 0 saturated heterocycles. The van der Waals surface area contributed by atoms with Gasteiger partial charge in [-0.2, -0.15) is 0 Å². The Morgan fingerprint density at radius 1 is 1.50 bits per heavy atom. The molecule has 1 amide bonds. The number of aryl methyl sites for hydroxylation is 1. The average Bonchev–Trinajstić information content (AvgIpc) is 2.38. The van der Waals surface area contributed by atoms with Gasteiger partial charge < -0.3 is 15.8 Å². The number of rotatable bonds is 7. The van der Waals surface area contributed by atoms with E-state index in [9.17, 15) is 4.79 Å². The predicted molar refractivity (Wildman–Crippen MR) is 81.8 cm³/mol. The molecule has 0 fully saturated rings. The molecule has 1 rings (SSSR count). The molecule has 2 atom stereocenters. The van der Waals surface area contributed by atoms with E-state index in [1.54, 1.807) is 13.0 Å². The molecule has 0 radical (unpaired) electrons. The van der Waals surface area contributed by atoms with Gasteiger partial charge >= 0.3 is 0 Å². The smallest absolute Gasteiger partial charge is 0.261 e. The summed E-state index contributed by atoms with van der Waals surface area (Å²) in [5, 5.41) is 2.72. The maximum absolute atomic E-state index is 11.8. The molecule has 2 unspecified atom stereocenters. The zero-order chi connectivity index (χ0) is 15.1. The SMILES string of the molecule is C=CCNC(=O)C(C)Oc1ccc(C)cc1CC(C)N. The van der Waals surface area contributed by atoms with Crippen molar-refractivity contribution < 1.29 is 9.53 Å². The summed E-state index contributed by atoms with van der Waals surface area (Å²) >= 11 is 0. The number of hydrogen-bond donors (Lipinski definition) is 2. The summed E-state index contributed by atoms with van der Waals surface area (Å²) in [6, 6.07) is 5.95. The molecule has 0 aliphatic carbocycles. The van der Waals surface area contributed by atoms with E-state index in [2.05, 4.69) is 11.9 Å². The largest absolute Gasteiger partial charge is 0.481 e. The molecule has 1 aromatic rings. The van der Waals surface area contributed by atoms with Crippen LogP contribution in [0.1, 0.15) is 25.0 Å². The quantitative estimate of drug-likeness (QED) is 0.748. The zero-order valence-electron chi connectivity index (χ0n) is 12.5. The summed E-state index contributed by atoms with van der Waals surface area (Å²) in [6.45, 7) is 9.70. The van der Waals surface area contributed by atoms with Crippen LogP contribution in [0.2, 0.25) is 0 Å². The molecule has 0 spiro atoms. The van der Waals surface area contributed by atoms with Gasteiger partial charge in [0.05, 0.1) is 0 Å². The third kappa shape index (κ3) is 5.05. The molecule has 4 heteroatoms. The maximum atomic E-state index is 11.8. The van der Waals surface area contributed by atoms with Crippen molar-refractivity contribution in [2.75, 3.05) is 6.54 Å². The van der Waals surface area contributed by atoms with Crippen LogP contribution in [-0.2, 0) is 11.2 Å². The fourth-order valence-corrected chi connectivity index (χ4v) is 1.89. The average molecular weight is 276 g/mol. The lowest BCUT2D eigenvalue weighted by Gasteiger charge is -2.18. The van der Waals surface area contributed by atoms with Gasteiger partial charge in [-0.25, -0.2) is 0 Å². The van der Waals surface area contributed by atoms with Crippen molar-refractivity contribution in [2.45, 2.75) is 39.3 Å². The van der Waals surface area contributed by atoms with Gasteiger partial charge in [-0.05, 0) is 38.8 Å². The monoisotopic (exact) mass is 276 g/mol. The van der Waals surface area contributed by atoms with Crippen LogP contribution >= 0.6 is 0 Å². The van der Waals surface area contributed by atoms with Crippen molar-refractivity contribution in [1.29, 1.82) is 0 Å². The van der Waals surface area contributed by atoms with Crippen LogP contribution in [0.3, 0.4) is 0 Å². The first-order valence-corrected chi connectivity index (χ1v) is 6.84. The Labute approximate surface area is 121 Å². The molecule has 1 aromatic carbocycles. The van der Waals surface area contributed by atoms with E-state index in [-0.39, 0.29) is 11.9 Å². The van der Waals surface area contributed by atoms with Crippen molar-refractivity contribution in [3.63, 3.8) is 0 Å². The van der Waals surface area contributed by atoms with E-state index in [0.717, 1.165) is 17.5 Å². The maximum Gasteiger partial charge on any atom is 0.261 e. The molecule has 110 valence electrons. The van der Waals surface area contributed by atoms with Crippen LogP contribution in [0.4, 0.5) is 0 Å². The summed E-state index contributed by atoms with van der Waals surface area (Å²) < 4.78 is 5.76. The number of nitrogens with two attached hydrogens (primary N) is 1. The molecular formula is C16H24N2O2. The first kappa shape index (κ1) is 16.2. The Bertz CT molecular complexity index is 470. The first-order valence-electron chi connectivity index (χ1n) is 6.84. The minimum absolute atomic E-state index is 0.0454. The summed E-state index contributed by atoms with van der Waals surface area (Å²) in [7, 11) is 0. The molecule has 4 nitrogen and oxygen atoms in total. The molecule has 0 heterocycles. The van der Waals surface area contributed by atoms with Crippen LogP contribution in [0.5, 0.6) is 5.75 Å². The minimum atomic E-state index is -0.551. The van der Waals surface area contributed by atoms with Gasteiger partial charge in [0.25, 0.3) is 5.91 Å². The lowest BCUT2D eigenvalue weighted by Crippen LogP contribution is -2.36. The topological polar surface area (TPSA) is 64.3 Å². The molecule has 0 saturated carbocycles. The lowest BCUT2D eigenvalue weighted by molar-refractivity contribution is -0.127. The Morgan fingerprint density at radius 3 is 2.80 bits per heavy atom. The number of benzene rings is 1. The van der Waals surface area contributed by atoms with E-state index in [1.165, 1.54) is 0 Å². The molecule has 0 aliphatic rings. The van der Waals surface area contributed by atoms with Crippen LogP contribution in [0.25, 0.3) is 0 Å². The molecule has 3 N–H and O–H groups in total. The second-order valence-corrected chi connectivity index (χ2v) is 5.09. The Balaban J connectivity index is 2.80. The fourth-order valence-electron chi connectivity index (χ4n) is 1.89. The third-order valence-electron chi connectivity index (χ3n) is 2.85. The molecule has 0 aliphatic heterocycles. The van der Waals surface area contributed by atoms with Crippen LogP contribution in [0.15, 0.2) is 30.9 Å². The standard InChI is InChI=1S/C16H24N2O2/c1-5-8-18-16(19)13(4)20-15-7-6-11(2)9-14(15)10-12(3)17/h5-7,9,12-13H,1,8,10,17H2,2-4H3,(H,18,19). The normalized spacial score (nSPS) is 13.4. The highest BCUT2D eigenvalue weighted by molar-refractivity contribution is 5.80. The number of hydrogen-bond acceptors (Lipinski definition) is 3. The summed E-state index contributed by atoms with van der Waals surface area (Å²) in [5.74, 6) is 0.561. The Morgan fingerprint density at radius 2 is 2.20 bits per heavy atom. The third-order valence-corrected chi connectivity index (χ3v) is 2.85. The van der Waals surface area contributed by atoms with E-state index in [4.69, 9.17) is 10.5 Å². The van der Waals surface area contributed by atoms with E-state index in [1.807, 2.05) is 32.0 Å². The number of ether oxygens (including phenoxy) is 1. The fraction of sp³-hybridized carbons (Fsp3) is 0.438. The van der Waals surface area contributed by atoms with E-state index < -0.39 is 6.10 Å². The summed E-state index contributed by atoms with van der Waals surface area (Å²) in [6.07, 6.45) is 1.81. The number of nitrogens with one attached hydrogen (secondary N) is 1. The second kappa shape index (κ2) is 7.70. The Kier molecular flexibility index (Phi) is 6.25. The van der Waals surface area contributed by atoms with E-state index in [0.29, 0.717) is 12.3 Å². The van der Waals surface area contributed by atoms with Gasteiger partial charge in [-0.1, -0.05) is 23.8 Å². The lowest BCUT2D eigenvalue weighted by atomic mass is 10.0. The highest BCUT2D eigenvalue weighted by Crippen LogP contribution is 2.22. The predicted octanol–water partition coefficient (Wildman–Crippen LogP) is 1.95. The van der Waals surface area contributed by atoms with Crippen molar-refractivity contribution in [3.05, 3.63) is 42.0 Å². The van der Waals surface area contributed by atoms with Crippen molar-refractivity contribution >= 4 is 5.91 Å². The van der Waals surface area contributed by atoms with Crippen LogP contribution in [-0.4, -0.2) is 24.6 Å². The molecule has 0 aromatic heterocycles. The molecule has 0 bridgehead atoms. The molecular weight excluding hydrogens is 252 g/mol. The van der Waals surface area contributed by atoms with Crippen molar-refractivity contribution in [2.24, 2.45) is 5.73 Å². The van der Waals surface area contributed by atoms with Crippen molar-refractivity contribution in [1.82, 2.24) is 5.32 Å². The van der Waals surface area contributed by atoms with Crippen molar-refractivity contribution in [3.8, 4) is 5.75 Å². The Hall–Kier alpha value is -1.81. The van der Waals surface area contributed by atoms with Gasteiger partial charge in [0, 0.05) is 12.6 Å². The van der Waals surface area contributed by atoms with Gasteiger partial charge in [0.1, 0.15) is 5.75 Å². The van der Waals surface area contributed by atoms with Crippen LogP contribution in [0, 0.1) is 6.92 Å². The number of carbonyl (C=O) groups is 1. The minimum Gasteiger partial charge on any atom is -0.481 e. The van der Waals surface area contributed by atoms with Gasteiger partial charge in [0.15, 0.2) is 6.10 Å². The second-order valence-electron chi connectivity index (χ2n) is 5.09. The summed E-state index contributed by atoms with van der Waals surface area (Å²) in [4.78, 5) is 11.8. The first-order chi connectivity index (χ1) is 9.43. The van der Waals surface area contributed by atoms with Gasteiger partial charge in [0.2, 0.25) is 0 Å². The highest BCUT2D eigenvalue weighted by Gasteiger charge is 2.16. The number of carbonyl (C=O) groups excluding carboxylic acids is 1.